The van der Waals surface area contributed by atoms with E-state index in [9.17, 15) is 4.79 Å². The van der Waals surface area contributed by atoms with E-state index < -0.39 is 0 Å². The fraction of sp³-hybridized carbons (Fsp3) is 0.182. The smallest absolute Gasteiger partial charge is 0.178 e. The van der Waals surface area contributed by atoms with Crippen molar-refractivity contribution in [1.82, 2.24) is 0 Å². The van der Waals surface area contributed by atoms with E-state index in [1.54, 1.807) is 12.2 Å². The van der Waals surface area contributed by atoms with Gasteiger partial charge in [0.05, 0.1) is 0 Å². The van der Waals surface area contributed by atoms with Crippen LogP contribution >= 0.6 is 0 Å². The average Bonchev–Trinajstić information content (AvgIpc) is 1.96. The van der Waals surface area contributed by atoms with Crippen LogP contribution in [-0.2, 0) is 4.79 Å². The number of hydrogen-bond donors (Lipinski definition) is 0. The van der Waals surface area contributed by atoms with Gasteiger partial charge in [-0.3, -0.25) is 4.79 Å². The van der Waals surface area contributed by atoms with Gasteiger partial charge in [-0.25, -0.2) is 0 Å². The van der Waals surface area contributed by atoms with Gasteiger partial charge in [0.2, 0.25) is 0 Å². The SMILES string of the molecule is C=C(C)C=CC(=O)C=CC(=C)C. The van der Waals surface area contributed by atoms with Gasteiger partial charge in [0, 0.05) is 0 Å². The highest BCUT2D eigenvalue weighted by Crippen LogP contribution is 1.93. The molecule has 0 fully saturated rings. The highest BCUT2D eigenvalue weighted by atomic mass is 16.1. The molecule has 0 unspecified atom stereocenters. The summed E-state index contributed by atoms with van der Waals surface area (Å²) in [5.41, 5.74) is 1.74. The zero-order chi connectivity index (χ0) is 9.56. The van der Waals surface area contributed by atoms with E-state index in [4.69, 9.17) is 0 Å². The Hall–Kier alpha value is -1.37. The van der Waals surface area contributed by atoms with E-state index in [-0.39, 0.29) is 5.78 Å². The zero-order valence-corrected chi connectivity index (χ0v) is 7.63. The molecule has 0 bridgehead atoms. The van der Waals surface area contributed by atoms with Crippen molar-refractivity contribution in [3.63, 3.8) is 0 Å². The molecule has 0 heterocycles. The first kappa shape index (κ1) is 10.6. The summed E-state index contributed by atoms with van der Waals surface area (Å²) in [4.78, 5) is 11.0. The lowest BCUT2D eigenvalue weighted by atomic mass is 10.2. The Morgan fingerprint density at radius 2 is 1.25 bits per heavy atom. The fourth-order valence-electron chi connectivity index (χ4n) is 0.504. The van der Waals surface area contributed by atoms with E-state index in [2.05, 4.69) is 13.2 Å². The minimum Gasteiger partial charge on any atom is -0.290 e. The van der Waals surface area contributed by atoms with Crippen molar-refractivity contribution in [2.75, 3.05) is 0 Å². The maximum Gasteiger partial charge on any atom is 0.178 e. The molecular formula is C11H14O. The van der Waals surface area contributed by atoms with Crippen molar-refractivity contribution >= 4 is 5.78 Å². The van der Waals surface area contributed by atoms with E-state index in [1.807, 2.05) is 13.8 Å². The molecule has 0 aromatic carbocycles. The predicted octanol–water partition coefficient (Wildman–Crippen LogP) is 2.82. The highest BCUT2D eigenvalue weighted by Gasteiger charge is 1.86. The quantitative estimate of drug-likeness (QED) is 0.459. The first-order valence-corrected chi connectivity index (χ1v) is 3.73. The van der Waals surface area contributed by atoms with Crippen LogP contribution in [0.4, 0.5) is 0 Å². The van der Waals surface area contributed by atoms with E-state index in [0.717, 1.165) is 11.1 Å². The lowest BCUT2D eigenvalue weighted by Crippen LogP contribution is -1.84. The van der Waals surface area contributed by atoms with Crippen LogP contribution < -0.4 is 0 Å². The van der Waals surface area contributed by atoms with Crippen LogP contribution in [0.5, 0.6) is 0 Å². The molecule has 0 amide bonds. The summed E-state index contributed by atoms with van der Waals surface area (Å²) in [5, 5.41) is 0. The second kappa shape index (κ2) is 5.30. The maximum absolute atomic E-state index is 11.0. The van der Waals surface area contributed by atoms with Crippen LogP contribution in [0.1, 0.15) is 13.8 Å². The molecule has 0 aliphatic heterocycles. The number of allylic oxidation sites excluding steroid dienone is 6. The normalized spacial score (nSPS) is 10.8. The minimum absolute atomic E-state index is 0.0407. The predicted molar refractivity (Wildman–Crippen MR) is 52.9 cm³/mol. The Labute approximate surface area is 73.8 Å². The molecular weight excluding hydrogens is 148 g/mol. The number of carbonyl (C=O) groups excluding carboxylic acids is 1. The third-order valence-electron chi connectivity index (χ3n) is 1.06. The molecule has 0 spiro atoms. The molecule has 12 heavy (non-hydrogen) atoms. The summed E-state index contributed by atoms with van der Waals surface area (Å²) in [6, 6.07) is 0. The zero-order valence-electron chi connectivity index (χ0n) is 7.63. The number of rotatable bonds is 4. The summed E-state index contributed by atoms with van der Waals surface area (Å²) < 4.78 is 0. The molecule has 0 aliphatic rings. The van der Waals surface area contributed by atoms with Crippen LogP contribution in [0.25, 0.3) is 0 Å². The van der Waals surface area contributed by atoms with Gasteiger partial charge < -0.3 is 0 Å². The first-order chi connectivity index (χ1) is 5.52. The second-order valence-electron chi connectivity index (χ2n) is 2.76. The molecule has 64 valence electrons. The molecule has 0 aromatic heterocycles. The van der Waals surface area contributed by atoms with Gasteiger partial charge in [-0.1, -0.05) is 36.5 Å². The van der Waals surface area contributed by atoms with Crippen molar-refractivity contribution in [3.05, 3.63) is 48.6 Å². The van der Waals surface area contributed by atoms with Gasteiger partial charge in [-0.2, -0.15) is 0 Å². The molecule has 0 radical (unpaired) electrons. The monoisotopic (exact) mass is 162 g/mol. The van der Waals surface area contributed by atoms with Crippen LogP contribution in [0.15, 0.2) is 48.6 Å². The topological polar surface area (TPSA) is 17.1 Å². The van der Waals surface area contributed by atoms with Crippen molar-refractivity contribution < 1.29 is 4.79 Å². The maximum atomic E-state index is 11.0. The highest BCUT2D eigenvalue weighted by molar-refractivity contribution is 5.99. The number of ketones is 1. The molecule has 0 N–H and O–H groups in total. The second-order valence-corrected chi connectivity index (χ2v) is 2.76. The van der Waals surface area contributed by atoms with Crippen molar-refractivity contribution in [1.29, 1.82) is 0 Å². The molecule has 0 atom stereocenters. The summed E-state index contributed by atoms with van der Waals surface area (Å²) in [7, 11) is 0. The summed E-state index contributed by atoms with van der Waals surface area (Å²) >= 11 is 0. The van der Waals surface area contributed by atoms with Gasteiger partial charge in [0.1, 0.15) is 0 Å². The average molecular weight is 162 g/mol. The Bertz CT molecular complexity index is 228. The van der Waals surface area contributed by atoms with Crippen LogP contribution in [0.2, 0.25) is 0 Å². The third kappa shape index (κ3) is 6.75. The van der Waals surface area contributed by atoms with Crippen molar-refractivity contribution in [2.45, 2.75) is 13.8 Å². The largest absolute Gasteiger partial charge is 0.290 e. The molecule has 0 aromatic rings. The molecule has 0 aliphatic carbocycles. The van der Waals surface area contributed by atoms with Gasteiger partial charge in [-0.15, -0.1) is 0 Å². The van der Waals surface area contributed by atoms with Crippen molar-refractivity contribution in [2.24, 2.45) is 0 Å². The Morgan fingerprint density at radius 3 is 1.50 bits per heavy atom. The van der Waals surface area contributed by atoms with E-state index >= 15 is 0 Å². The summed E-state index contributed by atoms with van der Waals surface area (Å²) in [6.07, 6.45) is 6.35. The van der Waals surface area contributed by atoms with Crippen LogP contribution in [0.3, 0.4) is 0 Å². The Kier molecular flexibility index (Phi) is 4.70. The van der Waals surface area contributed by atoms with Gasteiger partial charge in [0.15, 0.2) is 5.78 Å². The minimum atomic E-state index is -0.0407. The lowest BCUT2D eigenvalue weighted by Gasteiger charge is -1.85. The third-order valence-corrected chi connectivity index (χ3v) is 1.06. The summed E-state index contributed by atoms with van der Waals surface area (Å²) in [5.74, 6) is -0.0407. The standard InChI is InChI=1S/C11H14O/c1-9(2)5-7-11(12)8-6-10(3)4/h5-8H,1,3H2,2,4H3. The van der Waals surface area contributed by atoms with Crippen LogP contribution in [-0.4, -0.2) is 5.78 Å². The lowest BCUT2D eigenvalue weighted by molar-refractivity contribution is -0.110. The molecule has 1 heteroatoms. The number of hydrogen-bond acceptors (Lipinski definition) is 1. The van der Waals surface area contributed by atoms with Gasteiger partial charge in [0.25, 0.3) is 0 Å². The van der Waals surface area contributed by atoms with E-state index in [0.29, 0.717) is 0 Å². The van der Waals surface area contributed by atoms with Gasteiger partial charge >= 0.3 is 0 Å². The Balaban J connectivity index is 4.07. The molecule has 0 rings (SSSR count). The first-order valence-electron chi connectivity index (χ1n) is 3.73. The molecule has 0 saturated heterocycles. The summed E-state index contributed by atoms with van der Waals surface area (Å²) in [6.45, 7) is 11.0. The molecule has 0 saturated carbocycles. The van der Waals surface area contributed by atoms with Crippen LogP contribution in [0, 0.1) is 0 Å². The molecule has 1 nitrogen and oxygen atoms in total. The number of carbonyl (C=O) groups is 1. The van der Waals surface area contributed by atoms with Gasteiger partial charge in [-0.05, 0) is 26.0 Å². The van der Waals surface area contributed by atoms with Crippen molar-refractivity contribution in [3.8, 4) is 0 Å². The van der Waals surface area contributed by atoms with E-state index in [1.165, 1.54) is 12.2 Å². The Morgan fingerprint density at radius 1 is 0.917 bits per heavy atom. The fourth-order valence-corrected chi connectivity index (χ4v) is 0.504.